The fourth-order valence-corrected chi connectivity index (χ4v) is 4.82. The molecule has 2 amide bonds. The molecule has 0 aliphatic carbocycles. The molecule has 0 aromatic heterocycles. The number of aryl methyl sites for hydroxylation is 1. The van der Waals surface area contributed by atoms with Crippen LogP contribution < -0.4 is 14.5 Å². The number of benzene rings is 3. The lowest BCUT2D eigenvalue weighted by Gasteiger charge is -2.44. The van der Waals surface area contributed by atoms with E-state index < -0.39 is 0 Å². The molecule has 3 aromatic rings. The van der Waals surface area contributed by atoms with Gasteiger partial charge in [0, 0.05) is 40.5 Å². The van der Waals surface area contributed by atoms with Crippen LogP contribution in [0.5, 0.6) is 5.75 Å². The maximum Gasteiger partial charge on any atom is 0.258 e. The lowest BCUT2D eigenvalue weighted by atomic mass is 9.86. The van der Waals surface area contributed by atoms with Gasteiger partial charge in [0.25, 0.3) is 5.91 Å². The van der Waals surface area contributed by atoms with Gasteiger partial charge < -0.3 is 14.5 Å². The van der Waals surface area contributed by atoms with Crippen molar-refractivity contribution < 1.29 is 14.3 Å². The zero-order valence-corrected chi connectivity index (χ0v) is 20.0. The molecule has 3 aromatic carbocycles. The van der Waals surface area contributed by atoms with Crippen molar-refractivity contribution in [2.75, 3.05) is 16.9 Å². The third-order valence-electron chi connectivity index (χ3n) is 6.21. The van der Waals surface area contributed by atoms with Gasteiger partial charge in [0.15, 0.2) is 0 Å². The van der Waals surface area contributed by atoms with E-state index in [0.29, 0.717) is 22.8 Å². The van der Waals surface area contributed by atoms with Gasteiger partial charge in [-0.25, -0.2) is 0 Å². The summed E-state index contributed by atoms with van der Waals surface area (Å²) >= 11 is 6.09. The Morgan fingerprint density at radius 1 is 1.03 bits per heavy atom. The van der Waals surface area contributed by atoms with E-state index in [-0.39, 0.29) is 23.9 Å². The van der Waals surface area contributed by atoms with Crippen LogP contribution >= 0.6 is 11.6 Å². The Bertz CT molecular complexity index is 1170. The molecular formula is C27H27ClN2O3. The molecule has 0 unspecified atom stereocenters. The largest absolute Gasteiger partial charge is 0.497 e. The van der Waals surface area contributed by atoms with Crippen LogP contribution in [0.3, 0.4) is 0 Å². The first-order valence-corrected chi connectivity index (χ1v) is 11.3. The van der Waals surface area contributed by atoms with Crippen LogP contribution in [0, 0.1) is 6.92 Å². The minimum Gasteiger partial charge on any atom is -0.497 e. The predicted molar refractivity (Wildman–Crippen MR) is 132 cm³/mol. The number of hydrogen-bond acceptors (Lipinski definition) is 3. The summed E-state index contributed by atoms with van der Waals surface area (Å²) in [5, 5.41) is 0.618. The maximum atomic E-state index is 13.6. The highest BCUT2D eigenvalue weighted by atomic mass is 35.5. The number of fused-ring (bicyclic) bond motifs is 1. The van der Waals surface area contributed by atoms with Gasteiger partial charge in [-0.2, -0.15) is 0 Å². The number of ether oxygens (including phenoxy) is 1. The predicted octanol–water partition coefficient (Wildman–Crippen LogP) is 6.19. The van der Waals surface area contributed by atoms with Crippen LogP contribution in [0.2, 0.25) is 5.02 Å². The van der Waals surface area contributed by atoms with Crippen LogP contribution in [0.25, 0.3) is 0 Å². The van der Waals surface area contributed by atoms with Gasteiger partial charge in [-0.05, 0) is 80.4 Å². The zero-order valence-electron chi connectivity index (χ0n) is 19.2. The van der Waals surface area contributed by atoms with E-state index in [4.69, 9.17) is 16.3 Å². The van der Waals surface area contributed by atoms with E-state index in [9.17, 15) is 9.59 Å². The Morgan fingerprint density at radius 2 is 1.70 bits per heavy atom. The molecule has 0 saturated heterocycles. The molecule has 1 heterocycles. The van der Waals surface area contributed by atoms with Gasteiger partial charge in [-0.3, -0.25) is 9.59 Å². The number of halogens is 1. The van der Waals surface area contributed by atoms with Gasteiger partial charge >= 0.3 is 0 Å². The van der Waals surface area contributed by atoms with Crippen LogP contribution in [-0.4, -0.2) is 25.0 Å². The zero-order chi connectivity index (χ0) is 23.7. The second-order valence-corrected chi connectivity index (χ2v) is 8.81. The van der Waals surface area contributed by atoms with Crippen LogP contribution in [0.15, 0.2) is 66.7 Å². The van der Waals surface area contributed by atoms with Crippen molar-refractivity contribution in [2.45, 2.75) is 39.3 Å². The standard InChI is InChI=1S/C27H27ClN2O3/c1-17-6-5-7-24-26(17)25(30(19(3)31)22-12-10-21(28)11-13-22)16-18(2)29(24)27(32)20-8-14-23(33-4)15-9-20/h5-15,18,25H,16H2,1-4H3/t18-,25+/m0/s1. The molecule has 6 heteroatoms. The molecule has 170 valence electrons. The van der Waals surface area contributed by atoms with Crippen molar-refractivity contribution in [3.8, 4) is 5.75 Å². The number of carbonyl (C=O) groups is 2. The van der Waals surface area contributed by atoms with Gasteiger partial charge in [0.1, 0.15) is 5.75 Å². The number of carbonyl (C=O) groups excluding carboxylic acids is 2. The highest BCUT2D eigenvalue weighted by Crippen LogP contribution is 2.44. The van der Waals surface area contributed by atoms with Crippen molar-refractivity contribution in [1.29, 1.82) is 0 Å². The number of hydrogen-bond donors (Lipinski definition) is 0. The molecule has 5 nitrogen and oxygen atoms in total. The number of anilines is 2. The number of nitrogens with zero attached hydrogens (tertiary/aromatic N) is 2. The molecule has 2 atom stereocenters. The highest BCUT2D eigenvalue weighted by molar-refractivity contribution is 6.30. The van der Waals surface area contributed by atoms with Gasteiger partial charge in [0.2, 0.25) is 5.91 Å². The Labute approximate surface area is 199 Å². The Kier molecular flexibility index (Phi) is 6.43. The summed E-state index contributed by atoms with van der Waals surface area (Å²) in [7, 11) is 1.60. The second kappa shape index (κ2) is 9.28. The average Bonchev–Trinajstić information content (AvgIpc) is 2.80. The lowest BCUT2D eigenvalue weighted by molar-refractivity contribution is -0.117. The Morgan fingerprint density at radius 3 is 2.30 bits per heavy atom. The molecule has 0 radical (unpaired) electrons. The summed E-state index contributed by atoms with van der Waals surface area (Å²) < 4.78 is 5.23. The molecule has 0 fully saturated rings. The molecule has 0 N–H and O–H groups in total. The smallest absolute Gasteiger partial charge is 0.258 e. The Hall–Kier alpha value is -3.31. The first-order valence-electron chi connectivity index (χ1n) is 10.9. The van der Waals surface area contributed by atoms with E-state index in [1.807, 2.05) is 54.0 Å². The molecular weight excluding hydrogens is 436 g/mol. The van der Waals surface area contributed by atoms with Gasteiger partial charge in [-0.15, -0.1) is 0 Å². The molecule has 33 heavy (non-hydrogen) atoms. The SMILES string of the molecule is COc1ccc(C(=O)N2c3cccc(C)c3[C@H](N(C(C)=O)c3ccc(Cl)cc3)C[C@@H]2C)cc1. The maximum absolute atomic E-state index is 13.6. The van der Waals surface area contributed by atoms with Crippen LogP contribution in [0.1, 0.15) is 47.8 Å². The minimum absolute atomic E-state index is 0.0568. The fraction of sp³-hybridized carbons (Fsp3) is 0.259. The quantitative estimate of drug-likeness (QED) is 0.464. The summed E-state index contributed by atoms with van der Waals surface area (Å²) in [6, 6.07) is 20.1. The highest BCUT2D eigenvalue weighted by Gasteiger charge is 2.39. The summed E-state index contributed by atoms with van der Waals surface area (Å²) in [6.07, 6.45) is 0.613. The van der Waals surface area contributed by atoms with Crippen LogP contribution in [-0.2, 0) is 4.79 Å². The Balaban J connectivity index is 1.80. The first kappa shape index (κ1) is 22.9. The summed E-state index contributed by atoms with van der Waals surface area (Å²) in [5.41, 5.74) is 4.24. The average molecular weight is 463 g/mol. The second-order valence-electron chi connectivity index (χ2n) is 8.38. The van der Waals surface area contributed by atoms with E-state index in [0.717, 1.165) is 22.5 Å². The lowest BCUT2D eigenvalue weighted by Crippen LogP contribution is -2.47. The topological polar surface area (TPSA) is 49.9 Å². The molecule has 0 spiro atoms. The summed E-state index contributed by atoms with van der Waals surface area (Å²) in [5.74, 6) is 0.574. The minimum atomic E-state index is -0.199. The fourth-order valence-electron chi connectivity index (χ4n) is 4.69. The summed E-state index contributed by atoms with van der Waals surface area (Å²) in [6.45, 7) is 5.63. The molecule has 1 aliphatic rings. The number of amides is 2. The van der Waals surface area contributed by atoms with E-state index in [1.54, 1.807) is 50.4 Å². The molecule has 0 saturated carbocycles. The van der Waals surface area contributed by atoms with Crippen molar-refractivity contribution in [3.63, 3.8) is 0 Å². The van der Waals surface area contributed by atoms with Crippen molar-refractivity contribution in [3.05, 3.63) is 88.4 Å². The van der Waals surface area contributed by atoms with Crippen LogP contribution in [0.4, 0.5) is 11.4 Å². The van der Waals surface area contributed by atoms with E-state index in [2.05, 4.69) is 0 Å². The van der Waals surface area contributed by atoms with Crippen molar-refractivity contribution in [2.24, 2.45) is 0 Å². The summed E-state index contributed by atoms with van der Waals surface area (Å²) in [4.78, 5) is 30.1. The van der Waals surface area contributed by atoms with Crippen molar-refractivity contribution in [1.82, 2.24) is 0 Å². The van der Waals surface area contributed by atoms with E-state index in [1.165, 1.54) is 0 Å². The monoisotopic (exact) mass is 462 g/mol. The normalized spacial score (nSPS) is 17.3. The van der Waals surface area contributed by atoms with Gasteiger partial charge in [0.05, 0.1) is 13.2 Å². The number of methoxy groups -OCH3 is 1. The third-order valence-corrected chi connectivity index (χ3v) is 6.46. The molecule has 1 aliphatic heterocycles. The van der Waals surface area contributed by atoms with Crippen molar-refractivity contribution >= 4 is 34.8 Å². The molecule has 4 rings (SSSR count). The third kappa shape index (κ3) is 4.33. The van der Waals surface area contributed by atoms with Gasteiger partial charge in [-0.1, -0.05) is 23.7 Å². The van der Waals surface area contributed by atoms with E-state index >= 15 is 0 Å². The number of rotatable bonds is 4. The first-order chi connectivity index (χ1) is 15.8. The molecule has 0 bridgehead atoms.